The van der Waals surface area contributed by atoms with Gasteiger partial charge in [0.2, 0.25) is 5.13 Å². The molecule has 0 spiro atoms. The van der Waals surface area contributed by atoms with E-state index in [0.29, 0.717) is 38.8 Å². The number of carbonyl (C=O) groups is 1. The fourth-order valence-corrected chi connectivity index (χ4v) is 2.99. The van der Waals surface area contributed by atoms with Gasteiger partial charge in [-0.05, 0) is 19.1 Å². The molecule has 0 aliphatic rings. The molecule has 1 aromatic heterocycles. The molecular formula is C15H15Cl2N3O3S. The van der Waals surface area contributed by atoms with Crippen LogP contribution in [0.2, 0.25) is 10.0 Å². The average molecular weight is 388 g/mol. The van der Waals surface area contributed by atoms with Crippen molar-refractivity contribution in [3.8, 4) is 5.75 Å². The number of hydrogen-bond acceptors (Lipinski definition) is 7. The van der Waals surface area contributed by atoms with E-state index in [4.69, 9.17) is 32.7 Å². The molecule has 0 radical (unpaired) electrons. The lowest BCUT2D eigenvalue weighted by Gasteiger charge is -2.06. The Hall–Kier alpha value is -1.83. The maximum atomic E-state index is 11.4. The number of anilines is 1. The van der Waals surface area contributed by atoms with Gasteiger partial charge in [0.15, 0.2) is 0 Å². The Bertz CT molecular complexity index is 750. The first-order valence-corrected chi connectivity index (χ1v) is 8.59. The zero-order valence-corrected chi connectivity index (χ0v) is 15.3. The Balaban J connectivity index is 2.02. The highest BCUT2D eigenvalue weighted by molar-refractivity contribution is 7.13. The van der Waals surface area contributed by atoms with Gasteiger partial charge in [0.05, 0.1) is 42.6 Å². The Morgan fingerprint density at radius 2 is 2.25 bits per heavy atom. The van der Waals surface area contributed by atoms with Gasteiger partial charge in [0.25, 0.3) is 0 Å². The van der Waals surface area contributed by atoms with Crippen LogP contribution >= 0.6 is 34.5 Å². The summed E-state index contributed by atoms with van der Waals surface area (Å²) in [5.41, 5.74) is 4.01. The van der Waals surface area contributed by atoms with Gasteiger partial charge in [-0.1, -0.05) is 23.2 Å². The van der Waals surface area contributed by atoms with Crippen molar-refractivity contribution in [1.82, 2.24) is 4.98 Å². The molecule has 9 heteroatoms. The highest BCUT2D eigenvalue weighted by Gasteiger charge is 2.09. The third-order valence-electron chi connectivity index (χ3n) is 2.81. The van der Waals surface area contributed by atoms with Gasteiger partial charge < -0.3 is 9.47 Å². The smallest absolute Gasteiger partial charge is 0.311 e. The Morgan fingerprint density at radius 1 is 1.46 bits per heavy atom. The predicted molar refractivity (Wildman–Crippen MR) is 96.7 cm³/mol. The normalized spacial score (nSPS) is 10.8. The van der Waals surface area contributed by atoms with Crippen LogP contribution in [0.15, 0.2) is 22.6 Å². The first kappa shape index (κ1) is 18.5. The number of aromatic nitrogens is 1. The minimum atomic E-state index is -0.310. The van der Waals surface area contributed by atoms with E-state index in [2.05, 4.69) is 15.5 Å². The number of ether oxygens (including phenoxy) is 2. The number of hydrazone groups is 1. The lowest BCUT2D eigenvalue weighted by molar-refractivity contribution is -0.142. The molecule has 2 aromatic rings. The number of rotatable bonds is 7. The van der Waals surface area contributed by atoms with E-state index in [1.54, 1.807) is 24.4 Å². The van der Waals surface area contributed by atoms with Crippen molar-refractivity contribution < 1.29 is 14.3 Å². The largest absolute Gasteiger partial charge is 0.496 e. The van der Waals surface area contributed by atoms with Crippen molar-refractivity contribution >= 4 is 51.9 Å². The van der Waals surface area contributed by atoms with Crippen LogP contribution in [0.4, 0.5) is 5.13 Å². The van der Waals surface area contributed by atoms with Gasteiger partial charge in [0.1, 0.15) is 5.75 Å². The first-order chi connectivity index (χ1) is 11.5. The molecule has 1 heterocycles. The number of thiazole rings is 1. The van der Waals surface area contributed by atoms with Crippen molar-refractivity contribution in [2.24, 2.45) is 5.10 Å². The van der Waals surface area contributed by atoms with E-state index in [1.807, 2.05) is 0 Å². The Labute approximate surface area is 153 Å². The van der Waals surface area contributed by atoms with Gasteiger partial charge in [-0.15, -0.1) is 11.3 Å². The number of benzene rings is 1. The third-order valence-corrected chi connectivity index (χ3v) is 4.14. The van der Waals surface area contributed by atoms with Crippen molar-refractivity contribution in [2.75, 3.05) is 19.1 Å². The summed E-state index contributed by atoms with van der Waals surface area (Å²) in [6, 6.07) is 3.25. The Kier molecular flexibility index (Phi) is 6.84. The van der Waals surface area contributed by atoms with Crippen molar-refractivity contribution in [3.63, 3.8) is 0 Å². The summed E-state index contributed by atoms with van der Waals surface area (Å²) >= 11 is 13.4. The summed E-state index contributed by atoms with van der Waals surface area (Å²) in [4.78, 5) is 15.7. The van der Waals surface area contributed by atoms with Gasteiger partial charge >= 0.3 is 5.97 Å². The number of nitrogens with one attached hydrogen (secondary N) is 1. The molecule has 0 aliphatic heterocycles. The molecule has 6 nitrogen and oxygen atoms in total. The van der Waals surface area contributed by atoms with Crippen molar-refractivity contribution in [1.29, 1.82) is 0 Å². The molecule has 1 N–H and O–H groups in total. The molecule has 0 saturated carbocycles. The molecule has 1 aromatic carbocycles. The van der Waals surface area contributed by atoms with Crippen LogP contribution < -0.4 is 10.2 Å². The van der Waals surface area contributed by atoms with Crippen LogP contribution in [0.3, 0.4) is 0 Å². The number of carbonyl (C=O) groups excluding carboxylic acids is 1. The average Bonchev–Trinajstić information content (AvgIpc) is 2.96. The summed E-state index contributed by atoms with van der Waals surface area (Å²) in [6.07, 6.45) is 1.65. The molecular weight excluding hydrogens is 373 g/mol. The van der Waals surface area contributed by atoms with Gasteiger partial charge in [-0.2, -0.15) is 5.10 Å². The minimum absolute atomic E-state index is 0.132. The molecule has 0 unspecified atom stereocenters. The zero-order valence-electron chi connectivity index (χ0n) is 13.0. The quantitative estimate of drug-likeness (QED) is 0.441. The second-order valence-electron chi connectivity index (χ2n) is 4.50. The highest BCUT2D eigenvalue weighted by Crippen LogP contribution is 2.29. The number of nitrogens with zero attached hydrogens (tertiary/aromatic N) is 2. The first-order valence-electron chi connectivity index (χ1n) is 6.95. The van der Waals surface area contributed by atoms with E-state index >= 15 is 0 Å². The van der Waals surface area contributed by atoms with Crippen molar-refractivity contribution in [3.05, 3.63) is 38.8 Å². The molecule has 128 valence electrons. The maximum absolute atomic E-state index is 11.4. The van der Waals surface area contributed by atoms with Crippen LogP contribution in [0.5, 0.6) is 5.75 Å². The second kappa shape index (κ2) is 8.86. The molecule has 0 saturated heterocycles. The predicted octanol–water partition coefficient (Wildman–Crippen LogP) is 4.01. The minimum Gasteiger partial charge on any atom is -0.496 e. The van der Waals surface area contributed by atoms with Gasteiger partial charge in [-0.25, -0.2) is 4.98 Å². The SMILES string of the molecule is CCOC(=O)Cc1csc(NN=Cc2c(Cl)cc(Cl)cc2OC)n1. The summed E-state index contributed by atoms with van der Waals surface area (Å²) in [5, 5.41) is 7.31. The molecule has 0 fully saturated rings. The molecule has 0 amide bonds. The molecule has 0 atom stereocenters. The van der Waals surface area contributed by atoms with Gasteiger partial charge in [0, 0.05) is 10.4 Å². The van der Waals surface area contributed by atoms with E-state index < -0.39 is 0 Å². The van der Waals surface area contributed by atoms with E-state index in [9.17, 15) is 4.79 Å². The van der Waals surface area contributed by atoms with Crippen LogP contribution in [-0.2, 0) is 16.0 Å². The second-order valence-corrected chi connectivity index (χ2v) is 6.20. The third kappa shape index (κ3) is 5.09. The molecule has 24 heavy (non-hydrogen) atoms. The zero-order chi connectivity index (χ0) is 17.5. The number of methoxy groups -OCH3 is 1. The lowest BCUT2D eigenvalue weighted by Crippen LogP contribution is -2.07. The van der Waals surface area contributed by atoms with Crippen LogP contribution in [-0.4, -0.2) is 30.9 Å². The standard InChI is InChI=1S/C15H15Cl2N3O3S/c1-3-23-14(21)6-10-8-24-15(19-10)20-18-7-11-12(17)4-9(16)5-13(11)22-2/h4-5,7-8H,3,6H2,1-2H3,(H,19,20). The van der Waals surface area contributed by atoms with E-state index in [0.717, 1.165) is 0 Å². The number of halogens is 2. The summed E-state index contributed by atoms with van der Waals surface area (Å²) in [5.74, 6) is 0.204. The molecule has 2 rings (SSSR count). The highest BCUT2D eigenvalue weighted by atomic mass is 35.5. The van der Waals surface area contributed by atoms with Gasteiger partial charge in [-0.3, -0.25) is 10.2 Å². The van der Waals surface area contributed by atoms with E-state index in [1.165, 1.54) is 24.7 Å². The number of hydrogen-bond donors (Lipinski definition) is 1. The molecule has 0 aliphatic carbocycles. The monoisotopic (exact) mass is 387 g/mol. The lowest BCUT2D eigenvalue weighted by atomic mass is 10.2. The Morgan fingerprint density at radius 3 is 2.96 bits per heavy atom. The van der Waals surface area contributed by atoms with Crippen molar-refractivity contribution in [2.45, 2.75) is 13.3 Å². The van der Waals surface area contributed by atoms with Crippen LogP contribution in [0.25, 0.3) is 0 Å². The fourth-order valence-electron chi connectivity index (χ4n) is 1.81. The van der Waals surface area contributed by atoms with Crippen LogP contribution in [0.1, 0.15) is 18.2 Å². The van der Waals surface area contributed by atoms with E-state index in [-0.39, 0.29) is 12.4 Å². The summed E-state index contributed by atoms with van der Waals surface area (Å²) in [7, 11) is 1.52. The topological polar surface area (TPSA) is 72.8 Å². The maximum Gasteiger partial charge on any atom is 0.311 e. The number of esters is 1. The van der Waals surface area contributed by atoms with Crippen LogP contribution in [0, 0.1) is 0 Å². The molecule has 0 bridgehead atoms. The fraction of sp³-hybridized carbons (Fsp3) is 0.267. The summed E-state index contributed by atoms with van der Waals surface area (Å²) < 4.78 is 10.1. The summed E-state index contributed by atoms with van der Waals surface area (Å²) in [6.45, 7) is 2.11.